The lowest BCUT2D eigenvalue weighted by Gasteiger charge is -2.14. The molecule has 0 radical (unpaired) electrons. The number of aliphatic imine (C=N–C) groups is 1. The van der Waals surface area contributed by atoms with E-state index in [0.29, 0.717) is 23.2 Å². The lowest BCUT2D eigenvalue weighted by atomic mass is 10.1. The number of benzene rings is 3. The third-order valence-electron chi connectivity index (χ3n) is 4.83. The second kappa shape index (κ2) is 10.7. The van der Waals surface area contributed by atoms with Gasteiger partial charge in [0, 0.05) is 16.6 Å². The van der Waals surface area contributed by atoms with E-state index in [9.17, 15) is 4.79 Å². The van der Waals surface area contributed by atoms with E-state index in [0.717, 1.165) is 33.5 Å². The van der Waals surface area contributed by atoms with Gasteiger partial charge in [0.1, 0.15) is 12.4 Å². The highest BCUT2D eigenvalue weighted by Gasteiger charge is 2.33. The Kier molecular flexibility index (Phi) is 7.45. The van der Waals surface area contributed by atoms with Crippen LogP contribution in [0.4, 0.5) is 5.69 Å². The maximum Gasteiger partial charge on any atom is 0.266 e. The summed E-state index contributed by atoms with van der Waals surface area (Å²) in [6.45, 7) is 3.15. The van der Waals surface area contributed by atoms with Crippen molar-refractivity contribution in [1.82, 2.24) is 4.90 Å². The third-order valence-corrected chi connectivity index (χ3v) is 6.36. The minimum Gasteiger partial charge on any atom is -0.488 e. The molecule has 0 atom stereocenters. The van der Waals surface area contributed by atoms with E-state index >= 15 is 0 Å². The number of carbonyl (C=O) groups is 1. The van der Waals surface area contributed by atoms with Crippen LogP contribution in [0.15, 0.2) is 93.2 Å². The zero-order valence-electron chi connectivity index (χ0n) is 17.7. The third kappa shape index (κ3) is 5.50. The van der Waals surface area contributed by atoms with Gasteiger partial charge in [-0.1, -0.05) is 71.4 Å². The second-order valence-electron chi connectivity index (χ2n) is 7.25. The summed E-state index contributed by atoms with van der Waals surface area (Å²) in [5, 5.41) is 0.711. The van der Waals surface area contributed by atoms with Gasteiger partial charge in [0.15, 0.2) is 5.17 Å². The molecule has 6 heteroatoms. The minimum absolute atomic E-state index is 0.0192. The molecule has 162 valence electrons. The van der Waals surface area contributed by atoms with Crippen LogP contribution in [-0.4, -0.2) is 22.5 Å². The molecule has 0 spiro atoms. The molecule has 4 rings (SSSR count). The number of hydrogen-bond acceptors (Lipinski definition) is 4. The molecule has 3 aromatic carbocycles. The SMILES string of the molecule is CCCN1C(=O)/C(=C\c2ccccc2OCc2ccc(Br)cc2)SC1=Nc1ccccc1. The highest BCUT2D eigenvalue weighted by molar-refractivity contribution is 9.10. The van der Waals surface area contributed by atoms with Gasteiger partial charge < -0.3 is 4.74 Å². The Morgan fingerprint density at radius 2 is 1.72 bits per heavy atom. The molecular weight excluding hydrogens is 484 g/mol. The molecule has 1 fully saturated rings. The summed E-state index contributed by atoms with van der Waals surface area (Å²) in [6.07, 6.45) is 2.76. The standard InChI is InChI=1S/C26H23BrN2O2S/c1-2-16-29-25(30)24(32-26(29)28-22-9-4-3-5-10-22)17-20-8-6-7-11-23(20)31-18-19-12-14-21(27)15-13-19/h3-15,17H,2,16,18H2,1H3/b24-17+,28-26?. The first-order valence-electron chi connectivity index (χ1n) is 10.5. The number of amides is 1. The van der Waals surface area contributed by atoms with E-state index in [2.05, 4.69) is 22.9 Å². The van der Waals surface area contributed by atoms with Crippen molar-refractivity contribution in [3.05, 3.63) is 99.4 Å². The van der Waals surface area contributed by atoms with Gasteiger partial charge in [-0.05, 0) is 60.2 Å². The second-order valence-corrected chi connectivity index (χ2v) is 9.18. The van der Waals surface area contributed by atoms with Gasteiger partial charge >= 0.3 is 0 Å². The summed E-state index contributed by atoms with van der Waals surface area (Å²) >= 11 is 4.86. The predicted octanol–water partition coefficient (Wildman–Crippen LogP) is 7.04. The number of carbonyl (C=O) groups excluding carboxylic acids is 1. The smallest absolute Gasteiger partial charge is 0.266 e. The molecule has 0 bridgehead atoms. The quantitative estimate of drug-likeness (QED) is 0.322. The van der Waals surface area contributed by atoms with Crippen LogP contribution >= 0.6 is 27.7 Å². The summed E-state index contributed by atoms with van der Waals surface area (Å²) in [6, 6.07) is 25.6. The molecule has 1 amide bonds. The van der Waals surface area contributed by atoms with Crippen molar-refractivity contribution in [2.75, 3.05) is 6.54 Å². The summed E-state index contributed by atoms with van der Waals surface area (Å²) in [5.74, 6) is 0.723. The van der Waals surface area contributed by atoms with Crippen LogP contribution in [0.2, 0.25) is 0 Å². The summed E-state index contributed by atoms with van der Waals surface area (Å²) in [4.78, 5) is 20.3. The van der Waals surface area contributed by atoms with Crippen LogP contribution in [0.1, 0.15) is 24.5 Å². The maximum absolute atomic E-state index is 13.1. The minimum atomic E-state index is -0.0192. The number of thioether (sulfide) groups is 1. The molecule has 1 saturated heterocycles. The first kappa shape index (κ1) is 22.4. The Hall–Kier alpha value is -2.83. The molecule has 1 aliphatic rings. The van der Waals surface area contributed by atoms with E-state index in [-0.39, 0.29) is 5.91 Å². The van der Waals surface area contributed by atoms with Gasteiger partial charge in [-0.2, -0.15) is 0 Å². The van der Waals surface area contributed by atoms with Crippen molar-refractivity contribution >= 4 is 50.5 Å². The Morgan fingerprint density at radius 3 is 2.47 bits per heavy atom. The van der Waals surface area contributed by atoms with Crippen LogP contribution < -0.4 is 4.74 Å². The number of halogens is 1. The lowest BCUT2D eigenvalue weighted by molar-refractivity contribution is -0.122. The molecule has 4 nitrogen and oxygen atoms in total. The molecule has 0 saturated carbocycles. The highest BCUT2D eigenvalue weighted by atomic mass is 79.9. The predicted molar refractivity (Wildman–Crippen MR) is 136 cm³/mol. The Balaban J connectivity index is 1.58. The van der Waals surface area contributed by atoms with Crippen molar-refractivity contribution in [1.29, 1.82) is 0 Å². The van der Waals surface area contributed by atoms with Crippen LogP contribution in [0.25, 0.3) is 6.08 Å². The molecule has 1 heterocycles. The largest absolute Gasteiger partial charge is 0.488 e. The van der Waals surface area contributed by atoms with E-state index in [4.69, 9.17) is 9.73 Å². The Bertz CT molecular complexity index is 1140. The van der Waals surface area contributed by atoms with Gasteiger partial charge in [0.05, 0.1) is 10.6 Å². The van der Waals surface area contributed by atoms with Crippen molar-refractivity contribution in [2.24, 2.45) is 4.99 Å². The zero-order chi connectivity index (χ0) is 22.3. The molecule has 0 N–H and O–H groups in total. The summed E-state index contributed by atoms with van der Waals surface area (Å²) in [7, 11) is 0. The van der Waals surface area contributed by atoms with Crippen molar-refractivity contribution < 1.29 is 9.53 Å². The van der Waals surface area contributed by atoms with E-state index in [1.165, 1.54) is 11.8 Å². The van der Waals surface area contributed by atoms with Crippen molar-refractivity contribution in [3.63, 3.8) is 0 Å². The molecule has 0 aromatic heterocycles. The van der Waals surface area contributed by atoms with E-state index in [1.807, 2.05) is 84.9 Å². The number of amidine groups is 1. The van der Waals surface area contributed by atoms with Crippen molar-refractivity contribution in [2.45, 2.75) is 20.0 Å². The molecule has 0 unspecified atom stereocenters. The summed E-state index contributed by atoms with van der Waals surface area (Å²) in [5.41, 5.74) is 2.79. The normalized spacial score (nSPS) is 16.2. The lowest BCUT2D eigenvalue weighted by Crippen LogP contribution is -2.29. The topological polar surface area (TPSA) is 41.9 Å². The fourth-order valence-electron chi connectivity index (χ4n) is 3.24. The molecule has 32 heavy (non-hydrogen) atoms. The number of hydrogen-bond donors (Lipinski definition) is 0. The number of rotatable bonds is 7. The zero-order valence-corrected chi connectivity index (χ0v) is 20.1. The average molecular weight is 507 g/mol. The number of ether oxygens (including phenoxy) is 1. The van der Waals surface area contributed by atoms with E-state index in [1.54, 1.807) is 4.90 Å². The van der Waals surface area contributed by atoms with Gasteiger partial charge in [-0.25, -0.2) is 4.99 Å². The fourth-order valence-corrected chi connectivity index (χ4v) is 4.52. The molecule has 3 aromatic rings. The van der Waals surface area contributed by atoms with Gasteiger partial charge in [-0.15, -0.1) is 0 Å². The van der Waals surface area contributed by atoms with E-state index < -0.39 is 0 Å². The van der Waals surface area contributed by atoms with Crippen molar-refractivity contribution in [3.8, 4) is 5.75 Å². The van der Waals surface area contributed by atoms with Gasteiger partial charge in [0.25, 0.3) is 5.91 Å². The van der Waals surface area contributed by atoms with Crippen LogP contribution in [-0.2, 0) is 11.4 Å². The van der Waals surface area contributed by atoms with Crippen LogP contribution in [0.3, 0.4) is 0 Å². The van der Waals surface area contributed by atoms with Crippen LogP contribution in [0, 0.1) is 0 Å². The molecule has 1 aliphatic heterocycles. The van der Waals surface area contributed by atoms with Gasteiger partial charge in [0.2, 0.25) is 0 Å². The average Bonchev–Trinajstić information content (AvgIpc) is 3.09. The molecule has 0 aliphatic carbocycles. The van der Waals surface area contributed by atoms with Crippen LogP contribution in [0.5, 0.6) is 5.75 Å². The first-order valence-corrected chi connectivity index (χ1v) is 12.1. The van der Waals surface area contributed by atoms with Gasteiger partial charge in [-0.3, -0.25) is 9.69 Å². The summed E-state index contributed by atoms with van der Waals surface area (Å²) < 4.78 is 7.12. The monoisotopic (exact) mass is 506 g/mol. The first-order chi connectivity index (χ1) is 15.6. The molecular formula is C26H23BrN2O2S. The number of para-hydroxylation sites is 2. The maximum atomic E-state index is 13.1. The Labute approximate surface area is 201 Å². The highest BCUT2D eigenvalue weighted by Crippen LogP contribution is 2.35. The fraction of sp³-hybridized carbons (Fsp3) is 0.154. The Morgan fingerprint density at radius 1 is 1.00 bits per heavy atom. The number of nitrogens with zero attached hydrogens (tertiary/aromatic N) is 2.